The number of carbonyl (C=O) groups excluding carboxylic acids is 1. The smallest absolute Gasteiger partial charge is 0.325 e. The van der Waals surface area contributed by atoms with Crippen molar-refractivity contribution in [1.29, 1.82) is 0 Å². The largest absolute Gasteiger partial charge is 0.493 e. The highest BCUT2D eigenvalue weighted by molar-refractivity contribution is 5.79. The normalized spacial score (nSPS) is 13.3. The summed E-state index contributed by atoms with van der Waals surface area (Å²) >= 11 is 0. The van der Waals surface area contributed by atoms with E-state index in [1.165, 1.54) is 13.2 Å². The third-order valence-corrected chi connectivity index (χ3v) is 2.88. The molecule has 7 nitrogen and oxygen atoms in total. The minimum Gasteiger partial charge on any atom is -0.493 e. The van der Waals surface area contributed by atoms with Gasteiger partial charge in [-0.1, -0.05) is 0 Å². The Balaban J connectivity index is 2.48. The van der Waals surface area contributed by atoms with Crippen LogP contribution >= 0.6 is 0 Å². The fourth-order valence-electron chi connectivity index (χ4n) is 1.69. The molecule has 1 atom stereocenters. The lowest BCUT2D eigenvalue weighted by molar-refractivity contribution is -0.387. The molecule has 0 aliphatic heterocycles. The summed E-state index contributed by atoms with van der Waals surface area (Å²) in [4.78, 5) is 21.0. The standard InChI is InChI=1S/C13H17FN2O5/c1-13(15,12(17)20-2)6-3-7-21-9-4-5-11(16(18)19)10(14)8-9/h4-5,8H,3,6-7,15H2,1-2H3. The van der Waals surface area contributed by atoms with Crippen LogP contribution in [-0.2, 0) is 9.53 Å². The van der Waals surface area contributed by atoms with Gasteiger partial charge in [-0.15, -0.1) is 0 Å². The molecule has 1 aromatic rings. The van der Waals surface area contributed by atoms with Gasteiger partial charge in [-0.05, 0) is 25.8 Å². The molecule has 2 N–H and O–H groups in total. The second kappa shape index (κ2) is 6.98. The van der Waals surface area contributed by atoms with Crippen LogP contribution in [0.5, 0.6) is 5.75 Å². The van der Waals surface area contributed by atoms with Crippen molar-refractivity contribution in [3.05, 3.63) is 34.1 Å². The van der Waals surface area contributed by atoms with Crippen molar-refractivity contribution in [3.63, 3.8) is 0 Å². The molecule has 0 aliphatic rings. The predicted octanol–water partition coefficient (Wildman–Crippen LogP) is 1.78. The van der Waals surface area contributed by atoms with Gasteiger partial charge in [-0.3, -0.25) is 14.9 Å². The summed E-state index contributed by atoms with van der Waals surface area (Å²) in [6.07, 6.45) is 0.774. The van der Waals surface area contributed by atoms with Crippen molar-refractivity contribution < 1.29 is 23.6 Å². The third-order valence-electron chi connectivity index (χ3n) is 2.88. The highest BCUT2D eigenvalue weighted by atomic mass is 19.1. The molecule has 1 aromatic carbocycles. The van der Waals surface area contributed by atoms with Gasteiger partial charge < -0.3 is 15.2 Å². The molecule has 0 aliphatic carbocycles. The molecular formula is C13H17FN2O5. The Morgan fingerprint density at radius 2 is 2.19 bits per heavy atom. The maximum Gasteiger partial charge on any atom is 0.325 e. The second-order valence-corrected chi connectivity index (χ2v) is 4.73. The molecule has 1 rings (SSSR count). The average Bonchev–Trinajstić information content (AvgIpc) is 2.42. The lowest BCUT2D eigenvalue weighted by Crippen LogP contribution is -2.45. The van der Waals surface area contributed by atoms with Crippen LogP contribution in [0.25, 0.3) is 0 Å². The summed E-state index contributed by atoms with van der Waals surface area (Å²) in [5.41, 5.74) is 4.04. The molecule has 0 amide bonds. The topological polar surface area (TPSA) is 105 Å². The summed E-state index contributed by atoms with van der Waals surface area (Å²) in [5, 5.41) is 10.5. The van der Waals surface area contributed by atoms with Crippen LogP contribution in [0, 0.1) is 15.9 Å². The highest BCUT2D eigenvalue weighted by Crippen LogP contribution is 2.22. The number of ether oxygens (including phenoxy) is 2. The fraction of sp³-hybridized carbons (Fsp3) is 0.462. The zero-order valence-corrected chi connectivity index (χ0v) is 11.8. The van der Waals surface area contributed by atoms with Crippen molar-refractivity contribution in [1.82, 2.24) is 0 Å². The van der Waals surface area contributed by atoms with Gasteiger partial charge in [0.2, 0.25) is 5.82 Å². The van der Waals surface area contributed by atoms with Crippen LogP contribution in [0.3, 0.4) is 0 Å². The number of nitrogens with zero attached hydrogens (tertiary/aromatic N) is 1. The predicted molar refractivity (Wildman–Crippen MR) is 72.4 cm³/mol. The van der Waals surface area contributed by atoms with Crippen LogP contribution in [0.2, 0.25) is 0 Å². The summed E-state index contributed by atoms with van der Waals surface area (Å²) in [6.45, 7) is 1.74. The maximum atomic E-state index is 13.3. The van der Waals surface area contributed by atoms with E-state index in [0.717, 1.165) is 12.1 Å². The zero-order chi connectivity index (χ0) is 16.0. The maximum absolute atomic E-state index is 13.3. The average molecular weight is 300 g/mol. The van der Waals surface area contributed by atoms with E-state index in [1.54, 1.807) is 6.92 Å². The minimum atomic E-state index is -1.11. The first kappa shape index (κ1) is 16.8. The number of hydrogen-bond donors (Lipinski definition) is 1. The quantitative estimate of drug-likeness (QED) is 0.356. The van der Waals surface area contributed by atoms with E-state index in [0.29, 0.717) is 12.8 Å². The van der Waals surface area contributed by atoms with Gasteiger partial charge in [0, 0.05) is 12.1 Å². The Morgan fingerprint density at radius 1 is 1.52 bits per heavy atom. The molecule has 0 fully saturated rings. The molecular weight excluding hydrogens is 283 g/mol. The van der Waals surface area contributed by atoms with Gasteiger partial charge in [0.05, 0.1) is 18.6 Å². The van der Waals surface area contributed by atoms with E-state index in [4.69, 9.17) is 10.5 Å². The zero-order valence-electron chi connectivity index (χ0n) is 11.8. The first-order valence-corrected chi connectivity index (χ1v) is 6.22. The molecule has 0 saturated carbocycles. The first-order chi connectivity index (χ1) is 9.77. The van der Waals surface area contributed by atoms with Gasteiger partial charge in [-0.2, -0.15) is 4.39 Å². The summed E-state index contributed by atoms with van der Waals surface area (Å²) < 4.78 is 23.2. The first-order valence-electron chi connectivity index (χ1n) is 6.22. The molecule has 8 heteroatoms. The number of benzene rings is 1. The van der Waals surface area contributed by atoms with Crippen LogP contribution < -0.4 is 10.5 Å². The SMILES string of the molecule is COC(=O)C(C)(N)CCCOc1ccc([N+](=O)[O-])c(F)c1. The molecule has 0 radical (unpaired) electrons. The van der Waals surface area contributed by atoms with E-state index in [-0.39, 0.29) is 12.4 Å². The number of carbonyl (C=O) groups is 1. The van der Waals surface area contributed by atoms with Crippen molar-refractivity contribution in [2.75, 3.05) is 13.7 Å². The summed E-state index contributed by atoms with van der Waals surface area (Å²) in [5.74, 6) is -1.31. The molecule has 116 valence electrons. The lowest BCUT2D eigenvalue weighted by atomic mass is 9.98. The van der Waals surface area contributed by atoms with Crippen molar-refractivity contribution in [2.24, 2.45) is 5.73 Å². The highest BCUT2D eigenvalue weighted by Gasteiger charge is 2.28. The van der Waals surface area contributed by atoms with Crippen molar-refractivity contribution >= 4 is 11.7 Å². The van der Waals surface area contributed by atoms with Gasteiger partial charge >= 0.3 is 11.7 Å². The molecule has 1 unspecified atom stereocenters. The van der Waals surface area contributed by atoms with E-state index in [1.807, 2.05) is 0 Å². The number of hydrogen-bond acceptors (Lipinski definition) is 6. The van der Waals surface area contributed by atoms with E-state index in [9.17, 15) is 19.3 Å². The Bertz CT molecular complexity index is 533. The Labute approximate surface area is 121 Å². The van der Waals surface area contributed by atoms with Crippen molar-refractivity contribution in [2.45, 2.75) is 25.3 Å². The van der Waals surface area contributed by atoms with Crippen LogP contribution in [-0.4, -0.2) is 30.1 Å². The number of nitro benzene ring substituents is 1. The van der Waals surface area contributed by atoms with E-state index < -0.39 is 27.9 Å². The molecule has 0 aromatic heterocycles. The monoisotopic (exact) mass is 300 g/mol. The number of esters is 1. The Morgan fingerprint density at radius 3 is 2.71 bits per heavy atom. The summed E-state index contributed by atoms with van der Waals surface area (Å²) in [7, 11) is 1.25. The van der Waals surface area contributed by atoms with Crippen molar-refractivity contribution in [3.8, 4) is 5.75 Å². The molecule has 0 spiro atoms. The number of nitro groups is 1. The fourth-order valence-corrected chi connectivity index (χ4v) is 1.69. The number of nitrogens with two attached hydrogens (primary N) is 1. The van der Waals surface area contributed by atoms with Crippen LogP contribution in [0.4, 0.5) is 10.1 Å². The van der Waals surface area contributed by atoms with Gasteiger partial charge in [0.1, 0.15) is 11.3 Å². The molecule has 0 bridgehead atoms. The summed E-state index contributed by atoms with van der Waals surface area (Å²) in [6, 6.07) is 3.29. The molecule has 0 saturated heterocycles. The van der Waals surface area contributed by atoms with Gasteiger partial charge in [0.15, 0.2) is 0 Å². The number of methoxy groups -OCH3 is 1. The Kier molecular flexibility index (Phi) is 5.60. The lowest BCUT2D eigenvalue weighted by Gasteiger charge is -2.21. The van der Waals surface area contributed by atoms with Gasteiger partial charge in [-0.25, -0.2) is 0 Å². The van der Waals surface area contributed by atoms with Crippen LogP contribution in [0.1, 0.15) is 19.8 Å². The minimum absolute atomic E-state index is 0.176. The van der Waals surface area contributed by atoms with E-state index in [2.05, 4.69) is 4.74 Å². The number of halogens is 1. The second-order valence-electron chi connectivity index (χ2n) is 4.73. The Hall–Kier alpha value is -2.22. The third kappa shape index (κ3) is 4.67. The number of rotatable bonds is 7. The molecule has 21 heavy (non-hydrogen) atoms. The molecule has 0 heterocycles. The van der Waals surface area contributed by atoms with Crippen LogP contribution in [0.15, 0.2) is 18.2 Å². The van der Waals surface area contributed by atoms with E-state index >= 15 is 0 Å². The van der Waals surface area contributed by atoms with Gasteiger partial charge in [0.25, 0.3) is 0 Å².